The number of nitrogens with one attached hydrogen (secondary N) is 1. The van der Waals surface area contributed by atoms with E-state index in [0.717, 1.165) is 42.5 Å². The van der Waals surface area contributed by atoms with Crippen LogP contribution in [0.4, 0.5) is 0 Å². The Morgan fingerprint density at radius 3 is 2.47 bits per heavy atom. The first-order chi connectivity index (χ1) is 14.5. The number of para-hydroxylation sites is 2. The third-order valence-corrected chi connectivity index (χ3v) is 6.27. The number of nitrogens with zero attached hydrogens (tertiary/aromatic N) is 2. The van der Waals surface area contributed by atoms with Crippen molar-refractivity contribution in [3.05, 3.63) is 58.5 Å². The molecule has 0 saturated carbocycles. The Morgan fingerprint density at radius 2 is 1.77 bits per heavy atom. The lowest BCUT2D eigenvalue weighted by molar-refractivity contribution is 0.0385. The van der Waals surface area contributed by atoms with Crippen molar-refractivity contribution in [2.75, 3.05) is 27.3 Å². The van der Waals surface area contributed by atoms with Crippen LogP contribution in [0.3, 0.4) is 0 Å². The molecule has 0 radical (unpaired) electrons. The van der Waals surface area contributed by atoms with Gasteiger partial charge >= 0.3 is 5.69 Å². The summed E-state index contributed by atoms with van der Waals surface area (Å²) >= 11 is 0. The normalized spacial score (nSPS) is 17.7. The molecule has 0 unspecified atom stereocenters. The summed E-state index contributed by atoms with van der Waals surface area (Å²) in [5.41, 5.74) is 2.59. The highest BCUT2D eigenvalue weighted by Gasteiger charge is 2.29. The van der Waals surface area contributed by atoms with Crippen molar-refractivity contribution in [3.8, 4) is 11.5 Å². The summed E-state index contributed by atoms with van der Waals surface area (Å²) in [6.45, 7) is 3.68. The molecule has 160 valence electrons. The minimum Gasteiger partial charge on any atom is -0.493 e. The Balaban J connectivity index is 1.46. The molecule has 2 aromatic carbocycles. The highest BCUT2D eigenvalue weighted by molar-refractivity contribution is 5.75. The van der Waals surface area contributed by atoms with E-state index in [1.54, 1.807) is 14.2 Å². The van der Waals surface area contributed by atoms with Gasteiger partial charge < -0.3 is 19.6 Å². The van der Waals surface area contributed by atoms with E-state index in [-0.39, 0.29) is 17.8 Å². The van der Waals surface area contributed by atoms with E-state index < -0.39 is 6.10 Å². The number of aromatic amines is 1. The molecular weight excluding hydrogens is 382 g/mol. The Bertz CT molecular complexity index is 1070. The molecule has 1 aromatic heterocycles. The van der Waals surface area contributed by atoms with Crippen molar-refractivity contribution < 1.29 is 14.6 Å². The van der Waals surface area contributed by atoms with Gasteiger partial charge in [-0.25, -0.2) is 4.79 Å². The SMILES string of the molecule is COc1ccc([C@@H](O)[C@@H](C)N2CCC(n3c(=O)[nH]c4ccccc43)CC2)cc1OC. The molecule has 30 heavy (non-hydrogen) atoms. The average molecular weight is 412 g/mol. The van der Waals surface area contributed by atoms with Gasteiger partial charge in [-0.15, -0.1) is 0 Å². The summed E-state index contributed by atoms with van der Waals surface area (Å²) in [6.07, 6.45) is 1.09. The van der Waals surface area contributed by atoms with Gasteiger partial charge in [-0.3, -0.25) is 9.47 Å². The zero-order valence-electron chi connectivity index (χ0n) is 17.7. The van der Waals surface area contributed by atoms with Gasteiger partial charge in [0.2, 0.25) is 0 Å². The van der Waals surface area contributed by atoms with E-state index in [4.69, 9.17) is 9.47 Å². The maximum atomic E-state index is 12.5. The molecule has 7 nitrogen and oxygen atoms in total. The van der Waals surface area contributed by atoms with Crippen molar-refractivity contribution in [3.63, 3.8) is 0 Å². The Kier molecular flexibility index (Phi) is 5.83. The zero-order chi connectivity index (χ0) is 21.3. The van der Waals surface area contributed by atoms with E-state index in [1.807, 2.05) is 54.0 Å². The maximum Gasteiger partial charge on any atom is 0.326 e. The van der Waals surface area contributed by atoms with Gasteiger partial charge in [-0.2, -0.15) is 0 Å². The van der Waals surface area contributed by atoms with E-state index in [1.165, 1.54) is 0 Å². The van der Waals surface area contributed by atoms with Gasteiger partial charge in [0.25, 0.3) is 0 Å². The number of ether oxygens (including phenoxy) is 2. The zero-order valence-corrected chi connectivity index (χ0v) is 17.7. The fourth-order valence-corrected chi connectivity index (χ4v) is 4.50. The van der Waals surface area contributed by atoms with E-state index in [2.05, 4.69) is 9.88 Å². The number of hydrogen-bond acceptors (Lipinski definition) is 5. The molecule has 0 bridgehead atoms. The molecule has 1 fully saturated rings. The summed E-state index contributed by atoms with van der Waals surface area (Å²) in [5.74, 6) is 1.25. The first-order valence-electron chi connectivity index (χ1n) is 10.4. The fraction of sp³-hybridized carbons (Fsp3) is 0.435. The molecule has 3 aromatic rings. The smallest absolute Gasteiger partial charge is 0.326 e. The number of benzene rings is 2. The highest BCUT2D eigenvalue weighted by atomic mass is 16.5. The first kappa shape index (κ1) is 20.5. The predicted molar refractivity (Wildman–Crippen MR) is 116 cm³/mol. The van der Waals surface area contributed by atoms with Crippen molar-refractivity contribution in [2.45, 2.75) is 38.0 Å². The molecule has 4 rings (SSSR count). The van der Waals surface area contributed by atoms with Crippen molar-refractivity contribution in [1.82, 2.24) is 14.5 Å². The number of H-pyrrole nitrogens is 1. The molecular formula is C23H29N3O4. The van der Waals surface area contributed by atoms with Crippen LogP contribution in [0.25, 0.3) is 11.0 Å². The molecule has 1 aliphatic heterocycles. The predicted octanol–water partition coefficient (Wildman–Crippen LogP) is 3.11. The van der Waals surface area contributed by atoms with Gasteiger partial charge in [0, 0.05) is 25.2 Å². The second kappa shape index (κ2) is 8.53. The number of fused-ring (bicyclic) bond motifs is 1. The number of imidazole rings is 1. The first-order valence-corrected chi connectivity index (χ1v) is 10.4. The lowest BCUT2D eigenvalue weighted by atomic mass is 9.97. The second-order valence-corrected chi connectivity index (χ2v) is 7.88. The largest absolute Gasteiger partial charge is 0.493 e. The third-order valence-electron chi connectivity index (χ3n) is 6.27. The summed E-state index contributed by atoms with van der Waals surface area (Å²) in [4.78, 5) is 17.7. The Hall–Kier alpha value is -2.77. The summed E-state index contributed by atoms with van der Waals surface area (Å²) in [6, 6.07) is 13.5. The van der Waals surface area contributed by atoms with Crippen LogP contribution in [0.2, 0.25) is 0 Å². The second-order valence-electron chi connectivity index (χ2n) is 7.88. The van der Waals surface area contributed by atoms with Crippen LogP contribution in [0, 0.1) is 0 Å². The third kappa shape index (κ3) is 3.70. The molecule has 2 atom stereocenters. The Labute approximate surface area is 175 Å². The maximum absolute atomic E-state index is 12.5. The number of aromatic nitrogens is 2. The minimum atomic E-state index is -0.642. The number of rotatable bonds is 6. The number of likely N-dealkylation sites (tertiary alicyclic amines) is 1. The van der Waals surface area contributed by atoms with Gasteiger partial charge in [-0.05, 0) is 49.6 Å². The minimum absolute atomic E-state index is 0.0481. The summed E-state index contributed by atoms with van der Waals surface area (Å²) in [7, 11) is 3.19. The molecule has 1 aliphatic rings. The molecule has 2 heterocycles. The number of aliphatic hydroxyl groups excluding tert-OH is 1. The van der Waals surface area contributed by atoms with Crippen LogP contribution in [-0.4, -0.2) is 52.9 Å². The highest BCUT2D eigenvalue weighted by Crippen LogP contribution is 2.33. The lowest BCUT2D eigenvalue weighted by Gasteiger charge is -2.38. The van der Waals surface area contributed by atoms with Crippen molar-refractivity contribution >= 4 is 11.0 Å². The monoisotopic (exact) mass is 411 g/mol. The van der Waals surface area contributed by atoms with E-state index in [9.17, 15) is 9.90 Å². The molecule has 0 spiro atoms. The number of aliphatic hydroxyl groups is 1. The van der Waals surface area contributed by atoms with Crippen LogP contribution in [0.15, 0.2) is 47.3 Å². The van der Waals surface area contributed by atoms with Gasteiger partial charge in [0.1, 0.15) is 0 Å². The summed E-state index contributed by atoms with van der Waals surface area (Å²) in [5, 5.41) is 11.0. The average Bonchev–Trinajstić information content (AvgIpc) is 3.13. The van der Waals surface area contributed by atoms with Crippen molar-refractivity contribution in [2.24, 2.45) is 0 Å². The molecule has 0 amide bonds. The van der Waals surface area contributed by atoms with Gasteiger partial charge in [0.05, 0.1) is 31.4 Å². The van der Waals surface area contributed by atoms with Gasteiger partial charge in [0.15, 0.2) is 11.5 Å². The van der Waals surface area contributed by atoms with Crippen LogP contribution < -0.4 is 15.2 Å². The fourth-order valence-electron chi connectivity index (χ4n) is 4.50. The van der Waals surface area contributed by atoms with E-state index in [0.29, 0.717) is 11.5 Å². The number of methoxy groups -OCH3 is 2. The van der Waals surface area contributed by atoms with Crippen LogP contribution in [0.1, 0.15) is 37.5 Å². The molecule has 0 aliphatic carbocycles. The standard InChI is InChI=1S/C23H29N3O4/c1-15(22(27)16-8-9-20(29-2)21(14-16)30-3)25-12-10-17(11-13-25)26-19-7-5-4-6-18(19)24-23(26)28/h4-9,14-15,17,22,27H,10-13H2,1-3H3,(H,24,28)/t15-,22+/m1/s1. The van der Waals surface area contributed by atoms with Crippen LogP contribution in [-0.2, 0) is 0 Å². The molecule has 1 saturated heterocycles. The van der Waals surface area contributed by atoms with E-state index >= 15 is 0 Å². The molecule has 2 N–H and O–H groups in total. The quantitative estimate of drug-likeness (QED) is 0.652. The Morgan fingerprint density at radius 1 is 1.07 bits per heavy atom. The number of hydrogen-bond donors (Lipinski definition) is 2. The lowest BCUT2D eigenvalue weighted by Crippen LogP contribution is -2.44. The summed E-state index contributed by atoms with van der Waals surface area (Å²) < 4.78 is 12.5. The van der Waals surface area contributed by atoms with Gasteiger partial charge in [-0.1, -0.05) is 18.2 Å². The van der Waals surface area contributed by atoms with Crippen molar-refractivity contribution in [1.29, 1.82) is 0 Å². The topological polar surface area (TPSA) is 79.7 Å². The number of piperidine rings is 1. The van der Waals surface area contributed by atoms with Crippen LogP contribution >= 0.6 is 0 Å². The molecule has 7 heteroatoms. The van der Waals surface area contributed by atoms with Crippen LogP contribution in [0.5, 0.6) is 11.5 Å².